The molecular weight excluding hydrogens is 241 g/mol. The van der Waals surface area contributed by atoms with Crippen molar-refractivity contribution in [1.82, 2.24) is 4.98 Å². The molecule has 1 aromatic heterocycles. The highest BCUT2D eigenvalue weighted by Crippen LogP contribution is 2.37. The number of alkyl halides is 3. The van der Waals surface area contributed by atoms with E-state index in [-0.39, 0.29) is 23.6 Å². The maximum absolute atomic E-state index is 12.2. The summed E-state index contributed by atoms with van der Waals surface area (Å²) in [5.41, 5.74) is 5.29. The van der Waals surface area contributed by atoms with Gasteiger partial charge >= 0.3 is 6.36 Å². The molecule has 0 spiro atoms. The molecule has 3 N–H and O–H groups in total. The lowest BCUT2D eigenvalue weighted by Gasteiger charge is -2.17. The number of pyridine rings is 1. The van der Waals surface area contributed by atoms with Gasteiger partial charge in [-0.1, -0.05) is 0 Å². The maximum Gasteiger partial charge on any atom is 0.573 e. The number of ether oxygens (including phenoxy) is 2. The lowest BCUT2D eigenvalue weighted by atomic mass is 10.2. The minimum absolute atomic E-state index is 0.108. The second-order valence-electron chi connectivity index (χ2n) is 3.00. The van der Waals surface area contributed by atoms with Crippen LogP contribution in [0.4, 0.5) is 13.2 Å². The van der Waals surface area contributed by atoms with E-state index in [0.717, 1.165) is 6.20 Å². The van der Waals surface area contributed by atoms with Crippen LogP contribution < -0.4 is 15.2 Å². The smallest absolute Gasteiger partial charge is 0.491 e. The number of aliphatic hydroxyl groups is 1. The van der Waals surface area contributed by atoms with E-state index in [2.05, 4.69) is 9.72 Å². The summed E-state index contributed by atoms with van der Waals surface area (Å²) in [7, 11) is 1.17. The van der Waals surface area contributed by atoms with E-state index in [1.807, 2.05) is 0 Å². The van der Waals surface area contributed by atoms with Crippen LogP contribution in [0.2, 0.25) is 0 Å². The summed E-state index contributed by atoms with van der Waals surface area (Å²) >= 11 is 0. The summed E-state index contributed by atoms with van der Waals surface area (Å²) in [5, 5.41) is 8.92. The molecule has 1 aromatic rings. The van der Waals surface area contributed by atoms with Crippen molar-refractivity contribution in [3.05, 3.63) is 17.5 Å². The highest BCUT2D eigenvalue weighted by atomic mass is 19.4. The number of hydrogen-bond donors (Lipinski definition) is 2. The van der Waals surface area contributed by atoms with E-state index >= 15 is 0 Å². The Labute approximate surface area is 95.0 Å². The van der Waals surface area contributed by atoms with Crippen LogP contribution in [0.3, 0.4) is 0 Å². The average molecular weight is 252 g/mol. The van der Waals surface area contributed by atoms with E-state index in [1.165, 1.54) is 7.11 Å². The first-order valence-electron chi connectivity index (χ1n) is 4.54. The molecule has 0 aromatic carbocycles. The number of methoxy groups -OCH3 is 1. The fourth-order valence-corrected chi connectivity index (χ4v) is 1.25. The number of halogens is 3. The van der Waals surface area contributed by atoms with Crippen LogP contribution in [0.5, 0.6) is 11.5 Å². The van der Waals surface area contributed by atoms with Crippen LogP contribution in [-0.4, -0.2) is 23.6 Å². The van der Waals surface area contributed by atoms with Gasteiger partial charge in [0.25, 0.3) is 0 Å². The van der Waals surface area contributed by atoms with E-state index in [1.54, 1.807) is 0 Å². The number of rotatable bonds is 4. The lowest BCUT2D eigenvalue weighted by Crippen LogP contribution is -2.20. The molecule has 0 atom stereocenters. The predicted octanol–water partition coefficient (Wildman–Crippen LogP) is 0.940. The number of aromatic nitrogens is 1. The Kier molecular flexibility index (Phi) is 4.13. The fraction of sp³-hybridized carbons (Fsp3) is 0.444. The van der Waals surface area contributed by atoms with Crippen molar-refractivity contribution in [2.45, 2.75) is 19.5 Å². The molecule has 0 aliphatic rings. The van der Waals surface area contributed by atoms with E-state index in [0.29, 0.717) is 0 Å². The first kappa shape index (κ1) is 13.5. The molecule has 17 heavy (non-hydrogen) atoms. The molecule has 0 saturated heterocycles. The zero-order chi connectivity index (χ0) is 13.1. The Morgan fingerprint density at radius 2 is 2.06 bits per heavy atom. The van der Waals surface area contributed by atoms with E-state index in [4.69, 9.17) is 15.6 Å². The first-order valence-corrected chi connectivity index (χ1v) is 4.54. The van der Waals surface area contributed by atoms with Crippen molar-refractivity contribution < 1.29 is 27.8 Å². The van der Waals surface area contributed by atoms with Crippen LogP contribution in [-0.2, 0) is 13.2 Å². The van der Waals surface area contributed by atoms with Crippen LogP contribution in [0.15, 0.2) is 6.20 Å². The molecule has 0 amide bonds. The number of nitrogens with two attached hydrogens (primary N) is 1. The van der Waals surface area contributed by atoms with E-state index in [9.17, 15) is 13.2 Å². The monoisotopic (exact) mass is 252 g/mol. The van der Waals surface area contributed by atoms with Gasteiger partial charge < -0.3 is 20.3 Å². The number of hydrogen-bond acceptors (Lipinski definition) is 5. The van der Waals surface area contributed by atoms with Gasteiger partial charge in [0.2, 0.25) is 0 Å². The van der Waals surface area contributed by atoms with Gasteiger partial charge in [0, 0.05) is 18.3 Å². The normalized spacial score (nSPS) is 11.4. The van der Waals surface area contributed by atoms with Gasteiger partial charge in [0.1, 0.15) is 0 Å². The average Bonchev–Trinajstić information content (AvgIpc) is 2.26. The number of nitrogens with zero attached hydrogens (tertiary/aromatic N) is 1. The van der Waals surface area contributed by atoms with Gasteiger partial charge in [-0.25, -0.2) is 0 Å². The molecule has 0 fully saturated rings. The van der Waals surface area contributed by atoms with Crippen molar-refractivity contribution in [2.24, 2.45) is 5.73 Å². The molecule has 0 aliphatic heterocycles. The van der Waals surface area contributed by atoms with Crippen molar-refractivity contribution in [2.75, 3.05) is 7.11 Å². The lowest BCUT2D eigenvalue weighted by molar-refractivity contribution is -0.275. The minimum atomic E-state index is -4.88. The molecule has 0 bridgehead atoms. The third kappa shape index (κ3) is 3.21. The summed E-state index contributed by atoms with van der Waals surface area (Å²) in [4.78, 5) is 3.77. The summed E-state index contributed by atoms with van der Waals surface area (Å²) in [6.07, 6.45) is -3.82. The Morgan fingerprint density at radius 3 is 2.47 bits per heavy atom. The summed E-state index contributed by atoms with van der Waals surface area (Å²) in [6.45, 7) is -0.761. The zero-order valence-corrected chi connectivity index (χ0v) is 8.91. The maximum atomic E-state index is 12.2. The van der Waals surface area contributed by atoms with Crippen molar-refractivity contribution in [1.29, 1.82) is 0 Å². The van der Waals surface area contributed by atoms with Crippen molar-refractivity contribution >= 4 is 0 Å². The predicted molar refractivity (Wildman–Crippen MR) is 51.3 cm³/mol. The summed E-state index contributed by atoms with van der Waals surface area (Å²) < 4.78 is 45.2. The third-order valence-electron chi connectivity index (χ3n) is 1.92. The van der Waals surface area contributed by atoms with Crippen molar-refractivity contribution in [3.63, 3.8) is 0 Å². The molecule has 96 valence electrons. The van der Waals surface area contributed by atoms with Gasteiger partial charge in [0.05, 0.1) is 19.4 Å². The standard InChI is InChI=1S/C9H11F3N2O3/c1-16-8-6(2-13)14-3-5(4-15)7(8)17-9(10,11)12/h3,15H,2,4,13H2,1H3. The van der Waals surface area contributed by atoms with Gasteiger partial charge in [-0.05, 0) is 0 Å². The molecular formula is C9H11F3N2O3. The van der Waals surface area contributed by atoms with Crippen LogP contribution >= 0.6 is 0 Å². The van der Waals surface area contributed by atoms with Gasteiger partial charge in [-0.2, -0.15) is 0 Å². The van der Waals surface area contributed by atoms with Gasteiger partial charge in [0.15, 0.2) is 11.5 Å². The molecule has 1 rings (SSSR count). The fourth-order valence-electron chi connectivity index (χ4n) is 1.25. The molecule has 8 heteroatoms. The molecule has 5 nitrogen and oxygen atoms in total. The zero-order valence-electron chi connectivity index (χ0n) is 8.91. The highest BCUT2D eigenvalue weighted by Gasteiger charge is 2.34. The molecule has 1 heterocycles. The van der Waals surface area contributed by atoms with Crippen LogP contribution in [0, 0.1) is 0 Å². The largest absolute Gasteiger partial charge is 0.573 e. The van der Waals surface area contributed by atoms with E-state index < -0.39 is 18.7 Å². The molecule has 0 saturated carbocycles. The van der Waals surface area contributed by atoms with Gasteiger partial charge in [-0.3, -0.25) is 4.98 Å². The number of aliphatic hydroxyl groups excluding tert-OH is 1. The summed E-state index contributed by atoms with van der Waals surface area (Å²) in [6, 6.07) is 0. The Morgan fingerprint density at radius 1 is 1.41 bits per heavy atom. The minimum Gasteiger partial charge on any atom is -0.491 e. The second kappa shape index (κ2) is 5.19. The Hall–Kier alpha value is -1.54. The topological polar surface area (TPSA) is 77.6 Å². The summed E-state index contributed by atoms with van der Waals surface area (Å²) in [5.74, 6) is -0.839. The quantitative estimate of drug-likeness (QED) is 0.833. The van der Waals surface area contributed by atoms with Crippen LogP contribution in [0.25, 0.3) is 0 Å². The molecule has 0 aliphatic carbocycles. The van der Waals surface area contributed by atoms with Gasteiger partial charge in [-0.15, -0.1) is 13.2 Å². The Balaban J connectivity index is 3.30. The molecule has 0 radical (unpaired) electrons. The van der Waals surface area contributed by atoms with Crippen molar-refractivity contribution in [3.8, 4) is 11.5 Å². The third-order valence-corrected chi connectivity index (χ3v) is 1.92. The first-order chi connectivity index (χ1) is 7.92. The SMILES string of the molecule is COc1c(CN)ncc(CO)c1OC(F)(F)F. The van der Waals surface area contributed by atoms with Crippen LogP contribution in [0.1, 0.15) is 11.3 Å². The second-order valence-corrected chi connectivity index (χ2v) is 3.00. The molecule has 0 unspecified atom stereocenters. The highest BCUT2D eigenvalue weighted by molar-refractivity contribution is 5.48. The Bertz CT molecular complexity index is 396.